The van der Waals surface area contributed by atoms with Gasteiger partial charge in [0.05, 0.1) is 0 Å². The van der Waals surface area contributed by atoms with E-state index in [2.05, 4.69) is 10.6 Å². The van der Waals surface area contributed by atoms with Gasteiger partial charge in [-0.15, -0.1) is 12.4 Å². The molecule has 0 spiro atoms. The Hall–Kier alpha value is -1.01. The average molecular weight is 283 g/mol. The molecule has 1 amide bonds. The molecule has 6 nitrogen and oxygen atoms in total. The standard InChI is InChI=1S/C11H22N2O4.ClH/c1-9(14)16-8-7-12-5-6-13-10(15)17-11(2,3)4;/h12H,5-8H2,1-4H3,(H,13,15);1H. The third-order valence-electron chi connectivity index (χ3n) is 1.55. The van der Waals surface area contributed by atoms with Crippen LogP contribution in [0.25, 0.3) is 0 Å². The second kappa shape index (κ2) is 9.96. The Morgan fingerprint density at radius 2 is 1.72 bits per heavy atom. The van der Waals surface area contributed by atoms with Crippen molar-refractivity contribution in [2.24, 2.45) is 0 Å². The molecule has 0 aliphatic rings. The maximum absolute atomic E-state index is 11.2. The number of amides is 1. The maximum atomic E-state index is 11.2. The van der Waals surface area contributed by atoms with Crippen molar-refractivity contribution >= 4 is 24.5 Å². The van der Waals surface area contributed by atoms with Crippen LogP contribution in [0.3, 0.4) is 0 Å². The molecule has 0 aliphatic carbocycles. The molecule has 0 unspecified atom stereocenters. The number of carbonyl (C=O) groups is 2. The lowest BCUT2D eigenvalue weighted by Crippen LogP contribution is -2.37. The molecule has 108 valence electrons. The largest absolute Gasteiger partial charge is 0.465 e. The van der Waals surface area contributed by atoms with Crippen molar-refractivity contribution in [1.82, 2.24) is 10.6 Å². The van der Waals surface area contributed by atoms with Gasteiger partial charge in [0.15, 0.2) is 0 Å². The maximum Gasteiger partial charge on any atom is 0.407 e. The van der Waals surface area contributed by atoms with Crippen molar-refractivity contribution in [2.75, 3.05) is 26.2 Å². The Balaban J connectivity index is 0. The molecular weight excluding hydrogens is 260 g/mol. The predicted octanol–water partition coefficient (Wildman–Crippen LogP) is 1.09. The van der Waals surface area contributed by atoms with Gasteiger partial charge in [0, 0.05) is 26.6 Å². The number of carbonyl (C=O) groups excluding carboxylic acids is 2. The molecule has 0 saturated heterocycles. The van der Waals surface area contributed by atoms with Gasteiger partial charge in [0.1, 0.15) is 12.2 Å². The molecule has 2 N–H and O–H groups in total. The van der Waals surface area contributed by atoms with Crippen molar-refractivity contribution in [1.29, 1.82) is 0 Å². The molecular formula is C11H23ClN2O4. The number of hydrogen-bond donors (Lipinski definition) is 2. The van der Waals surface area contributed by atoms with Gasteiger partial charge in [-0.25, -0.2) is 4.79 Å². The summed E-state index contributed by atoms with van der Waals surface area (Å²) in [4.78, 5) is 21.6. The van der Waals surface area contributed by atoms with E-state index in [0.29, 0.717) is 26.2 Å². The Kier molecular flexibility index (Phi) is 10.7. The van der Waals surface area contributed by atoms with Gasteiger partial charge in [-0.05, 0) is 20.8 Å². The van der Waals surface area contributed by atoms with Gasteiger partial charge in [-0.3, -0.25) is 4.79 Å². The topological polar surface area (TPSA) is 76.7 Å². The zero-order chi connectivity index (χ0) is 13.3. The molecule has 0 fully saturated rings. The van der Waals surface area contributed by atoms with Crippen LogP contribution in [-0.2, 0) is 14.3 Å². The molecule has 0 aromatic rings. The van der Waals surface area contributed by atoms with Crippen LogP contribution in [0.15, 0.2) is 0 Å². The fourth-order valence-electron chi connectivity index (χ4n) is 0.959. The van der Waals surface area contributed by atoms with Crippen LogP contribution >= 0.6 is 12.4 Å². The number of nitrogens with one attached hydrogen (secondary N) is 2. The first-order valence-electron chi connectivity index (χ1n) is 5.62. The van der Waals surface area contributed by atoms with Crippen LogP contribution in [0.4, 0.5) is 4.79 Å². The number of alkyl carbamates (subject to hydrolysis) is 1. The number of halogens is 1. The van der Waals surface area contributed by atoms with Gasteiger partial charge in [0.25, 0.3) is 0 Å². The Morgan fingerprint density at radius 3 is 2.22 bits per heavy atom. The smallest absolute Gasteiger partial charge is 0.407 e. The Labute approximate surface area is 114 Å². The number of esters is 1. The highest BCUT2D eigenvalue weighted by Gasteiger charge is 2.15. The first-order chi connectivity index (χ1) is 7.81. The summed E-state index contributed by atoms with van der Waals surface area (Å²) in [6, 6.07) is 0. The number of rotatable bonds is 6. The molecule has 0 radical (unpaired) electrons. The molecule has 0 aromatic carbocycles. The van der Waals surface area contributed by atoms with E-state index in [0.717, 1.165) is 0 Å². The van der Waals surface area contributed by atoms with Crippen LogP contribution in [0.5, 0.6) is 0 Å². The normalized spacial score (nSPS) is 10.2. The fraction of sp³-hybridized carbons (Fsp3) is 0.818. The molecule has 0 atom stereocenters. The number of ether oxygens (including phenoxy) is 2. The van der Waals surface area contributed by atoms with Crippen LogP contribution in [0.1, 0.15) is 27.7 Å². The lowest BCUT2D eigenvalue weighted by atomic mass is 10.2. The fourth-order valence-corrected chi connectivity index (χ4v) is 0.959. The minimum atomic E-state index is -0.479. The van der Waals surface area contributed by atoms with Crippen LogP contribution < -0.4 is 10.6 Å². The van der Waals surface area contributed by atoms with Gasteiger partial charge in [-0.1, -0.05) is 0 Å². The van der Waals surface area contributed by atoms with Crippen molar-refractivity contribution < 1.29 is 19.1 Å². The first kappa shape index (κ1) is 19.3. The summed E-state index contributed by atoms with van der Waals surface area (Å²) in [5.41, 5.74) is -0.479. The molecule has 0 aliphatic heterocycles. The molecule has 18 heavy (non-hydrogen) atoms. The summed E-state index contributed by atoms with van der Waals surface area (Å²) in [5.74, 6) is -0.293. The minimum absolute atomic E-state index is 0. The van der Waals surface area contributed by atoms with Crippen LogP contribution in [-0.4, -0.2) is 43.9 Å². The van der Waals surface area contributed by atoms with Gasteiger partial charge < -0.3 is 20.1 Å². The summed E-state index contributed by atoms with van der Waals surface area (Å²) in [7, 11) is 0. The minimum Gasteiger partial charge on any atom is -0.465 e. The third-order valence-corrected chi connectivity index (χ3v) is 1.55. The number of hydrogen-bond acceptors (Lipinski definition) is 5. The molecule has 0 bridgehead atoms. The molecule has 0 aromatic heterocycles. The van der Waals surface area contributed by atoms with Gasteiger partial charge >= 0.3 is 12.1 Å². The Morgan fingerprint density at radius 1 is 1.11 bits per heavy atom. The van der Waals surface area contributed by atoms with E-state index in [9.17, 15) is 9.59 Å². The van der Waals surface area contributed by atoms with Crippen LogP contribution in [0, 0.1) is 0 Å². The SMILES string of the molecule is CC(=O)OCCNCCNC(=O)OC(C)(C)C.Cl. The molecule has 0 heterocycles. The average Bonchev–Trinajstić information content (AvgIpc) is 2.12. The van der Waals surface area contributed by atoms with Crippen molar-refractivity contribution in [2.45, 2.75) is 33.3 Å². The summed E-state index contributed by atoms with van der Waals surface area (Å²) in [5, 5.41) is 5.62. The lowest BCUT2D eigenvalue weighted by molar-refractivity contribution is -0.140. The highest BCUT2D eigenvalue weighted by Crippen LogP contribution is 2.05. The van der Waals surface area contributed by atoms with Gasteiger partial charge in [-0.2, -0.15) is 0 Å². The highest BCUT2D eigenvalue weighted by atomic mass is 35.5. The van der Waals surface area contributed by atoms with E-state index in [1.165, 1.54) is 6.92 Å². The van der Waals surface area contributed by atoms with E-state index in [4.69, 9.17) is 9.47 Å². The zero-order valence-electron chi connectivity index (χ0n) is 11.4. The molecule has 0 saturated carbocycles. The lowest BCUT2D eigenvalue weighted by Gasteiger charge is -2.19. The van der Waals surface area contributed by atoms with E-state index >= 15 is 0 Å². The van der Waals surface area contributed by atoms with Crippen molar-refractivity contribution in [3.63, 3.8) is 0 Å². The summed E-state index contributed by atoms with van der Waals surface area (Å²) in [6.07, 6.45) is -0.431. The van der Waals surface area contributed by atoms with Crippen molar-refractivity contribution in [3.8, 4) is 0 Å². The zero-order valence-corrected chi connectivity index (χ0v) is 12.2. The molecule has 0 rings (SSSR count). The van der Waals surface area contributed by atoms with Crippen molar-refractivity contribution in [3.05, 3.63) is 0 Å². The predicted molar refractivity (Wildman–Crippen MR) is 71.0 cm³/mol. The second-order valence-corrected chi connectivity index (χ2v) is 4.52. The van der Waals surface area contributed by atoms with Gasteiger partial charge in [0.2, 0.25) is 0 Å². The summed E-state index contributed by atoms with van der Waals surface area (Å²) >= 11 is 0. The van der Waals surface area contributed by atoms with E-state index in [1.54, 1.807) is 0 Å². The van der Waals surface area contributed by atoms with Crippen LogP contribution in [0.2, 0.25) is 0 Å². The first-order valence-corrected chi connectivity index (χ1v) is 5.62. The quantitative estimate of drug-likeness (QED) is 0.563. The second-order valence-electron chi connectivity index (χ2n) is 4.52. The van der Waals surface area contributed by atoms with E-state index in [1.807, 2.05) is 20.8 Å². The van der Waals surface area contributed by atoms with E-state index < -0.39 is 11.7 Å². The highest BCUT2D eigenvalue weighted by molar-refractivity contribution is 5.85. The summed E-state index contributed by atoms with van der Waals surface area (Å²) < 4.78 is 9.77. The third kappa shape index (κ3) is 15.0. The molecule has 7 heteroatoms. The monoisotopic (exact) mass is 282 g/mol. The van der Waals surface area contributed by atoms with E-state index in [-0.39, 0.29) is 18.4 Å². The Bertz CT molecular complexity index is 254. The summed E-state index contributed by atoms with van der Waals surface area (Å²) in [6.45, 7) is 8.76.